The van der Waals surface area contributed by atoms with Gasteiger partial charge >= 0.3 is 0 Å². The predicted molar refractivity (Wildman–Crippen MR) is 108 cm³/mol. The summed E-state index contributed by atoms with van der Waals surface area (Å²) in [5.74, 6) is -0.244. The predicted octanol–water partition coefficient (Wildman–Crippen LogP) is 4.59. The van der Waals surface area contributed by atoms with E-state index < -0.39 is 24.2 Å². The van der Waals surface area contributed by atoms with Crippen LogP contribution in [0.4, 0.5) is 4.39 Å². The molecule has 24 heavy (non-hydrogen) atoms. The highest BCUT2D eigenvalue weighted by Crippen LogP contribution is 2.29. The lowest BCUT2D eigenvalue weighted by atomic mass is 10.1. The molecule has 0 radical (unpaired) electrons. The van der Waals surface area contributed by atoms with E-state index in [2.05, 4.69) is 51.9 Å². The van der Waals surface area contributed by atoms with Gasteiger partial charge < -0.3 is 4.55 Å². The number of pyridine rings is 1. The Hall–Kier alpha value is -0.213. The Labute approximate surface area is 158 Å². The van der Waals surface area contributed by atoms with E-state index in [1.165, 1.54) is 0 Å². The van der Waals surface area contributed by atoms with Crippen LogP contribution in [0.3, 0.4) is 0 Å². The molecule has 1 rings (SSSR count). The van der Waals surface area contributed by atoms with Crippen LogP contribution < -0.4 is 9.91 Å². The van der Waals surface area contributed by atoms with Gasteiger partial charge in [0, 0.05) is 17.6 Å². The number of halogens is 2. The van der Waals surface area contributed by atoms with Crippen molar-refractivity contribution in [3.05, 3.63) is 34.8 Å². The molecule has 2 atom stereocenters. The zero-order valence-electron chi connectivity index (χ0n) is 15.4. The van der Waals surface area contributed by atoms with Crippen molar-refractivity contribution in [1.82, 2.24) is 9.71 Å². The van der Waals surface area contributed by atoms with E-state index in [0.29, 0.717) is 21.8 Å². The van der Waals surface area contributed by atoms with Crippen LogP contribution in [0.25, 0.3) is 0 Å². The molecule has 0 bridgehead atoms. The Morgan fingerprint density at radius 1 is 1.46 bits per heavy atom. The summed E-state index contributed by atoms with van der Waals surface area (Å²) in [6, 6.07) is -0.303. The monoisotopic (exact) mass is 434 g/mol. The number of hydrogen-bond donors (Lipinski definition) is 1. The molecule has 0 spiro atoms. The fraction of sp³-hybridized carbons (Fsp3) is 0.588. The van der Waals surface area contributed by atoms with Crippen LogP contribution in [0.2, 0.25) is 19.6 Å². The van der Waals surface area contributed by atoms with Crippen LogP contribution in [0.1, 0.15) is 45.3 Å². The van der Waals surface area contributed by atoms with Crippen molar-refractivity contribution in [3.8, 4) is 0 Å². The van der Waals surface area contributed by atoms with Crippen molar-refractivity contribution in [1.29, 1.82) is 0 Å². The van der Waals surface area contributed by atoms with E-state index >= 15 is 0 Å². The number of aromatic nitrogens is 1. The maximum atomic E-state index is 14.8. The normalized spacial score (nSPS) is 15.2. The molecule has 0 fully saturated rings. The summed E-state index contributed by atoms with van der Waals surface area (Å²) < 4.78 is 30.4. The topological polar surface area (TPSA) is 48.0 Å². The molecule has 3 nitrogen and oxygen atoms in total. The van der Waals surface area contributed by atoms with Crippen LogP contribution in [-0.2, 0) is 11.4 Å². The third-order valence-electron chi connectivity index (χ3n) is 3.59. The maximum Gasteiger partial charge on any atom is 0.140 e. The minimum Gasteiger partial charge on any atom is -0.598 e. The molecule has 136 valence electrons. The van der Waals surface area contributed by atoms with Crippen molar-refractivity contribution < 1.29 is 8.94 Å². The highest BCUT2D eigenvalue weighted by molar-refractivity contribution is 9.10. The maximum absolute atomic E-state index is 14.8. The second-order valence-electron chi connectivity index (χ2n) is 7.85. The first-order valence-electron chi connectivity index (χ1n) is 8.03. The highest BCUT2D eigenvalue weighted by atomic mass is 79.9. The lowest BCUT2D eigenvalue weighted by Crippen LogP contribution is -2.43. The average Bonchev–Trinajstić information content (AvgIpc) is 2.43. The summed E-state index contributed by atoms with van der Waals surface area (Å²) in [5, 5.41) is 0.692. The number of nitrogens with zero attached hydrogens (tertiary/aromatic N) is 1. The first-order chi connectivity index (χ1) is 10.9. The molecule has 1 unspecified atom stereocenters. The molecule has 0 saturated carbocycles. The molecule has 0 aliphatic heterocycles. The highest BCUT2D eigenvalue weighted by Gasteiger charge is 2.32. The van der Waals surface area contributed by atoms with Gasteiger partial charge in [-0.25, -0.2) is 4.39 Å². The van der Waals surface area contributed by atoms with Gasteiger partial charge in [0.1, 0.15) is 10.6 Å². The Morgan fingerprint density at radius 2 is 2.04 bits per heavy atom. The van der Waals surface area contributed by atoms with Crippen LogP contribution in [0.15, 0.2) is 23.3 Å². The van der Waals surface area contributed by atoms with Crippen LogP contribution in [0, 0.1) is 5.82 Å². The number of rotatable bonds is 7. The lowest BCUT2D eigenvalue weighted by molar-refractivity contribution is 0.505. The zero-order chi connectivity index (χ0) is 18.7. The molecule has 0 aliphatic rings. The molecule has 1 N–H and O–H groups in total. The SMILES string of the molecule is C=CCC[C@@H](N[S+]([O-])C(C)(C)C)c1ncc([Si](C)(C)C)c(F)c1Br. The standard InChI is InChI=1S/C17H28BrFN2OSSi/c1-8-9-10-12(21-23(22)17(2,3)4)16-14(18)15(19)13(11-20-16)24(5,6)7/h8,11-12,21H,1,9-10H2,2-7H3/t12-,23?/m1/s1. The largest absolute Gasteiger partial charge is 0.598 e. The number of hydrogen-bond acceptors (Lipinski definition) is 3. The van der Waals surface area contributed by atoms with Gasteiger partial charge in [0.15, 0.2) is 0 Å². The summed E-state index contributed by atoms with van der Waals surface area (Å²) in [5.41, 5.74) is 0.564. The molecule has 7 heteroatoms. The van der Waals surface area contributed by atoms with Crippen molar-refractivity contribution >= 4 is 40.6 Å². The Bertz CT molecular complexity index is 587. The molecule has 1 aromatic heterocycles. The summed E-state index contributed by atoms with van der Waals surface area (Å²) in [6.45, 7) is 15.7. The van der Waals surface area contributed by atoms with Gasteiger partial charge in [0.25, 0.3) is 0 Å². The third-order valence-corrected chi connectivity index (χ3v) is 7.92. The summed E-state index contributed by atoms with van der Waals surface area (Å²) >= 11 is 2.11. The van der Waals surface area contributed by atoms with Gasteiger partial charge in [-0.15, -0.1) is 11.3 Å². The fourth-order valence-electron chi connectivity index (χ4n) is 2.09. The quantitative estimate of drug-likeness (QED) is 0.387. The third kappa shape index (κ3) is 5.66. The number of allylic oxidation sites excluding steroid dienone is 1. The van der Waals surface area contributed by atoms with Crippen LogP contribution in [-0.4, -0.2) is 22.4 Å². The first kappa shape index (κ1) is 21.8. The molecular weight excluding hydrogens is 407 g/mol. The van der Waals surface area contributed by atoms with Gasteiger partial charge in [-0.2, -0.15) is 0 Å². The van der Waals surface area contributed by atoms with E-state index in [-0.39, 0.29) is 11.9 Å². The van der Waals surface area contributed by atoms with E-state index in [9.17, 15) is 8.94 Å². The molecule has 0 aliphatic carbocycles. The summed E-state index contributed by atoms with van der Waals surface area (Å²) in [6.07, 6.45) is 4.83. The zero-order valence-corrected chi connectivity index (χ0v) is 18.8. The molecule has 0 aromatic carbocycles. The molecular formula is C17H28BrFN2OSSi. The Balaban J connectivity index is 3.24. The van der Waals surface area contributed by atoms with Gasteiger partial charge in [-0.1, -0.05) is 25.7 Å². The second kappa shape index (κ2) is 8.45. The lowest BCUT2D eigenvalue weighted by Gasteiger charge is -2.28. The molecule has 1 heterocycles. The van der Waals surface area contributed by atoms with E-state index in [1.54, 1.807) is 12.3 Å². The fourth-order valence-corrected chi connectivity index (χ4v) is 4.94. The van der Waals surface area contributed by atoms with E-state index in [4.69, 9.17) is 0 Å². The molecule has 0 saturated heterocycles. The second-order valence-corrected chi connectivity index (χ2v) is 15.7. The van der Waals surface area contributed by atoms with Gasteiger partial charge in [0.2, 0.25) is 0 Å². The van der Waals surface area contributed by atoms with Crippen molar-refractivity contribution in [2.24, 2.45) is 0 Å². The smallest absolute Gasteiger partial charge is 0.140 e. The minimum absolute atomic E-state index is 0.244. The summed E-state index contributed by atoms with van der Waals surface area (Å²) in [7, 11) is -1.82. The van der Waals surface area contributed by atoms with Crippen LogP contribution in [0.5, 0.6) is 0 Å². The summed E-state index contributed by atoms with van der Waals surface area (Å²) in [4.78, 5) is 4.51. The Kier molecular flexibility index (Phi) is 7.68. The average molecular weight is 435 g/mol. The Morgan fingerprint density at radius 3 is 2.50 bits per heavy atom. The van der Waals surface area contributed by atoms with Crippen molar-refractivity contribution in [3.63, 3.8) is 0 Å². The molecule has 0 amide bonds. The minimum atomic E-state index is -1.82. The number of nitrogens with one attached hydrogen (secondary N) is 1. The van der Waals surface area contributed by atoms with Crippen LogP contribution >= 0.6 is 15.9 Å². The van der Waals surface area contributed by atoms with Gasteiger partial charge in [0.05, 0.1) is 24.3 Å². The molecule has 1 aromatic rings. The van der Waals surface area contributed by atoms with E-state index in [0.717, 1.165) is 6.42 Å². The van der Waals surface area contributed by atoms with Gasteiger partial charge in [-0.3, -0.25) is 4.98 Å². The van der Waals surface area contributed by atoms with Gasteiger partial charge in [-0.05, 0) is 54.7 Å². The first-order valence-corrected chi connectivity index (χ1v) is 13.5. The van der Waals surface area contributed by atoms with Crippen molar-refractivity contribution in [2.45, 2.75) is 64.0 Å². The van der Waals surface area contributed by atoms with E-state index in [1.807, 2.05) is 20.8 Å². The van der Waals surface area contributed by atoms with Crippen molar-refractivity contribution in [2.75, 3.05) is 0 Å².